The molecule has 0 radical (unpaired) electrons. The summed E-state index contributed by atoms with van der Waals surface area (Å²) < 4.78 is 0. The van der Waals surface area contributed by atoms with E-state index in [1.54, 1.807) is 6.92 Å². The summed E-state index contributed by atoms with van der Waals surface area (Å²) in [7, 11) is 1.51. The molecule has 0 saturated carbocycles. The third kappa shape index (κ3) is 2.57. The molecule has 1 aromatic carbocycles. The first-order valence-corrected chi connectivity index (χ1v) is 5.24. The zero-order chi connectivity index (χ0) is 13.9. The van der Waals surface area contributed by atoms with Crippen LogP contribution in [0.15, 0.2) is 18.2 Å². The molecule has 2 N–H and O–H groups in total. The number of aromatic carboxylic acids is 1. The number of carboxylic acids is 1. The van der Waals surface area contributed by atoms with Crippen LogP contribution in [0.5, 0.6) is 0 Å². The van der Waals surface area contributed by atoms with Gasteiger partial charge in [0.2, 0.25) is 0 Å². The number of hydrogen-bond donors (Lipinski definition) is 2. The van der Waals surface area contributed by atoms with Crippen LogP contribution in [0, 0.1) is 10.1 Å². The Morgan fingerprint density at radius 1 is 1.56 bits per heavy atom. The van der Waals surface area contributed by atoms with Gasteiger partial charge in [0.15, 0.2) is 0 Å². The number of aliphatic hydroxyl groups excluding tert-OH is 1. The van der Waals surface area contributed by atoms with Gasteiger partial charge in [-0.25, -0.2) is 4.79 Å². The Hall–Kier alpha value is -2.15. The van der Waals surface area contributed by atoms with Gasteiger partial charge >= 0.3 is 5.97 Å². The van der Waals surface area contributed by atoms with Gasteiger partial charge in [-0.2, -0.15) is 0 Å². The lowest BCUT2D eigenvalue weighted by Crippen LogP contribution is -2.33. The zero-order valence-corrected chi connectivity index (χ0v) is 10.0. The van der Waals surface area contributed by atoms with Crippen LogP contribution in [-0.2, 0) is 0 Å². The summed E-state index contributed by atoms with van der Waals surface area (Å²) in [6.07, 6.45) is 0. The molecule has 0 spiro atoms. The molecule has 0 saturated heterocycles. The van der Waals surface area contributed by atoms with Crippen LogP contribution in [0.25, 0.3) is 0 Å². The molecule has 1 unspecified atom stereocenters. The number of carboxylic acid groups (broad SMARTS) is 1. The number of nitro benzene ring substituents is 1. The first-order chi connectivity index (χ1) is 8.40. The fourth-order valence-corrected chi connectivity index (χ4v) is 1.56. The minimum Gasteiger partial charge on any atom is -0.478 e. The van der Waals surface area contributed by atoms with Crippen LogP contribution >= 0.6 is 0 Å². The quantitative estimate of drug-likeness (QED) is 0.602. The van der Waals surface area contributed by atoms with E-state index in [2.05, 4.69) is 0 Å². The van der Waals surface area contributed by atoms with Crippen molar-refractivity contribution in [2.24, 2.45) is 0 Å². The van der Waals surface area contributed by atoms with Gasteiger partial charge < -0.3 is 15.1 Å². The lowest BCUT2D eigenvalue weighted by molar-refractivity contribution is -0.384. The first-order valence-electron chi connectivity index (χ1n) is 5.24. The molecule has 0 aliphatic rings. The number of hydrogen-bond acceptors (Lipinski definition) is 5. The minimum absolute atomic E-state index is 0.00319. The van der Waals surface area contributed by atoms with Crippen LogP contribution in [0.3, 0.4) is 0 Å². The number of nitro groups is 1. The molecule has 0 fully saturated rings. The summed E-state index contributed by atoms with van der Waals surface area (Å²) in [5.41, 5.74) is -0.457. The van der Waals surface area contributed by atoms with Crippen LogP contribution in [0.2, 0.25) is 0 Å². The Kier molecular flexibility index (Phi) is 4.22. The first kappa shape index (κ1) is 13.9. The Labute approximate surface area is 103 Å². The monoisotopic (exact) mass is 254 g/mol. The Morgan fingerprint density at radius 3 is 2.61 bits per heavy atom. The zero-order valence-electron chi connectivity index (χ0n) is 10.0. The molecule has 0 aliphatic heterocycles. The summed E-state index contributed by atoms with van der Waals surface area (Å²) in [5.74, 6) is -1.24. The van der Waals surface area contributed by atoms with Gasteiger partial charge in [-0.3, -0.25) is 10.1 Å². The summed E-state index contributed by atoms with van der Waals surface area (Å²) in [5, 5.41) is 29.1. The van der Waals surface area contributed by atoms with Gasteiger partial charge in [-0.15, -0.1) is 0 Å². The van der Waals surface area contributed by atoms with E-state index in [1.165, 1.54) is 30.1 Å². The third-order valence-electron chi connectivity index (χ3n) is 2.72. The number of nitrogens with zero attached hydrogens (tertiary/aromatic N) is 2. The van der Waals surface area contributed by atoms with Crippen molar-refractivity contribution in [2.45, 2.75) is 13.0 Å². The maximum atomic E-state index is 11.1. The molecular weight excluding hydrogens is 240 g/mol. The van der Waals surface area contributed by atoms with Crippen molar-refractivity contribution < 1.29 is 19.9 Å². The van der Waals surface area contributed by atoms with E-state index in [1.807, 2.05) is 0 Å². The molecule has 7 heteroatoms. The molecule has 0 aliphatic carbocycles. The molecule has 0 bridgehead atoms. The van der Waals surface area contributed by atoms with Gasteiger partial charge in [-0.1, -0.05) is 6.07 Å². The second-order valence-corrected chi connectivity index (χ2v) is 3.88. The van der Waals surface area contributed by atoms with E-state index in [0.717, 1.165) is 0 Å². The smallest absolute Gasteiger partial charge is 0.338 e. The molecule has 98 valence electrons. The number of anilines is 1. The van der Waals surface area contributed by atoms with E-state index >= 15 is 0 Å². The standard InChI is InChI=1S/C11H14N2O5/c1-7(6-14)12(2)10-8(11(15)16)4-3-5-9(10)13(17)18/h3-5,7,14H,6H2,1-2H3,(H,15,16). The summed E-state index contributed by atoms with van der Waals surface area (Å²) in [4.78, 5) is 22.8. The predicted molar refractivity (Wildman–Crippen MR) is 65.0 cm³/mol. The van der Waals surface area contributed by atoms with E-state index in [9.17, 15) is 14.9 Å². The van der Waals surface area contributed by atoms with E-state index in [-0.39, 0.29) is 23.5 Å². The summed E-state index contributed by atoms with van der Waals surface area (Å²) >= 11 is 0. The highest BCUT2D eigenvalue weighted by molar-refractivity contribution is 5.97. The third-order valence-corrected chi connectivity index (χ3v) is 2.72. The molecule has 0 heterocycles. The van der Waals surface area contributed by atoms with E-state index < -0.39 is 16.9 Å². The number of aliphatic hydroxyl groups is 1. The maximum Gasteiger partial charge on any atom is 0.338 e. The number of carbonyl (C=O) groups is 1. The highest BCUT2D eigenvalue weighted by Gasteiger charge is 2.26. The maximum absolute atomic E-state index is 11.1. The number of para-hydroxylation sites is 1. The van der Waals surface area contributed by atoms with Crippen molar-refractivity contribution >= 4 is 17.3 Å². The van der Waals surface area contributed by atoms with E-state index in [0.29, 0.717) is 0 Å². The molecule has 1 aromatic rings. The van der Waals surface area contributed by atoms with Crippen molar-refractivity contribution in [2.75, 3.05) is 18.6 Å². The van der Waals surface area contributed by atoms with Crippen LogP contribution < -0.4 is 4.90 Å². The predicted octanol–water partition coefficient (Wildman–Crippen LogP) is 1.11. The van der Waals surface area contributed by atoms with Crippen molar-refractivity contribution in [1.82, 2.24) is 0 Å². The van der Waals surface area contributed by atoms with Gasteiger partial charge in [-0.05, 0) is 13.0 Å². The minimum atomic E-state index is -1.24. The molecule has 0 aromatic heterocycles. The fraction of sp³-hybridized carbons (Fsp3) is 0.364. The summed E-state index contributed by atoms with van der Waals surface area (Å²) in [6.45, 7) is 1.41. The molecular formula is C11H14N2O5. The van der Waals surface area contributed by atoms with Crippen LogP contribution in [-0.4, -0.2) is 40.8 Å². The molecule has 1 rings (SSSR count). The molecule has 18 heavy (non-hydrogen) atoms. The lowest BCUT2D eigenvalue weighted by atomic mass is 10.1. The highest BCUT2D eigenvalue weighted by Crippen LogP contribution is 2.32. The Morgan fingerprint density at radius 2 is 2.17 bits per heavy atom. The average Bonchev–Trinajstić information content (AvgIpc) is 2.35. The largest absolute Gasteiger partial charge is 0.478 e. The molecule has 7 nitrogen and oxygen atoms in total. The van der Waals surface area contributed by atoms with Crippen LogP contribution in [0.4, 0.5) is 11.4 Å². The summed E-state index contributed by atoms with van der Waals surface area (Å²) in [6, 6.07) is 3.43. The van der Waals surface area contributed by atoms with Gasteiger partial charge in [0, 0.05) is 19.2 Å². The normalized spacial score (nSPS) is 11.9. The highest BCUT2D eigenvalue weighted by atomic mass is 16.6. The topological polar surface area (TPSA) is 104 Å². The van der Waals surface area contributed by atoms with Crippen molar-refractivity contribution in [3.63, 3.8) is 0 Å². The number of benzene rings is 1. The SMILES string of the molecule is CC(CO)N(C)c1c(C(=O)O)cccc1[N+](=O)[O-]. The lowest BCUT2D eigenvalue weighted by Gasteiger charge is -2.26. The second-order valence-electron chi connectivity index (χ2n) is 3.88. The Bertz CT molecular complexity index is 442. The second kappa shape index (κ2) is 5.46. The van der Waals surface area contributed by atoms with Gasteiger partial charge in [0.25, 0.3) is 5.69 Å². The van der Waals surface area contributed by atoms with Gasteiger partial charge in [0.05, 0.1) is 17.1 Å². The van der Waals surface area contributed by atoms with Crippen molar-refractivity contribution in [3.8, 4) is 0 Å². The van der Waals surface area contributed by atoms with Crippen molar-refractivity contribution in [3.05, 3.63) is 33.9 Å². The van der Waals surface area contributed by atoms with Gasteiger partial charge in [0.1, 0.15) is 5.69 Å². The molecule has 1 atom stereocenters. The van der Waals surface area contributed by atoms with Crippen LogP contribution in [0.1, 0.15) is 17.3 Å². The fourth-order valence-electron chi connectivity index (χ4n) is 1.56. The molecule has 0 amide bonds. The number of likely N-dealkylation sites (N-methyl/N-ethyl adjacent to an activating group) is 1. The van der Waals surface area contributed by atoms with Crippen molar-refractivity contribution in [1.29, 1.82) is 0 Å². The number of rotatable bonds is 5. The Balaban J connectivity index is 3.44. The van der Waals surface area contributed by atoms with E-state index in [4.69, 9.17) is 10.2 Å². The average molecular weight is 254 g/mol.